The molecule has 0 atom stereocenters. The number of nitrogens with zero attached hydrogens (tertiary/aromatic N) is 2. The van der Waals surface area contributed by atoms with Gasteiger partial charge >= 0.3 is 0 Å². The minimum atomic E-state index is -3.54. The van der Waals surface area contributed by atoms with Crippen LogP contribution in [0.2, 0.25) is 0 Å². The number of benzene rings is 1. The van der Waals surface area contributed by atoms with Crippen molar-refractivity contribution in [3.8, 4) is 0 Å². The highest BCUT2D eigenvalue weighted by atomic mass is 32.2. The van der Waals surface area contributed by atoms with E-state index < -0.39 is 9.84 Å². The average Bonchev–Trinajstić information content (AvgIpc) is 2.79. The number of thiazole rings is 1. The first-order valence-corrected chi connectivity index (χ1v) is 8.35. The molecule has 0 bridgehead atoms. The quantitative estimate of drug-likeness (QED) is 0.854. The van der Waals surface area contributed by atoms with E-state index in [0.717, 1.165) is 16.0 Å². The first-order chi connectivity index (χ1) is 9.29. The Hall–Kier alpha value is -1.67. The van der Waals surface area contributed by atoms with Crippen LogP contribution in [0.15, 0.2) is 22.5 Å². The van der Waals surface area contributed by atoms with E-state index in [-0.39, 0.29) is 22.4 Å². The van der Waals surface area contributed by atoms with Crippen LogP contribution in [0.4, 0.5) is 5.69 Å². The van der Waals surface area contributed by atoms with E-state index >= 15 is 0 Å². The summed E-state index contributed by atoms with van der Waals surface area (Å²) >= 11 is 1.07. The first-order valence-electron chi connectivity index (χ1n) is 5.88. The van der Waals surface area contributed by atoms with E-state index in [4.69, 9.17) is 5.73 Å². The molecule has 8 heteroatoms. The van der Waals surface area contributed by atoms with Crippen molar-refractivity contribution in [2.24, 2.45) is 0 Å². The molecule has 0 fully saturated rings. The fourth-order valence-corrected chi connectivity index (χ4v) is 4.21. The molecule has 0 aliphatic carbocycles. The van der Waals surface area contributed by atoms with Crippen molar-refractivity contribution in [1.82, 2.24) is 9.88 Å². The maximum Gasteiger partial charge on any atom is 0.223 e. The molecule has 0 radical (unpaired) electrons. The highest BCUT2D eigenvalue weighted by molar-refractivity contribution is 7.93. The third-order valence-corrected chi connectivity index (χ3v) is 5.93. The Bertz CT molecular complexity index is 750. The van der Waals surface area contributed by atoms with E-state index in [0.29, 0.717) is 11.2 Å². The van der Waals surface area contributed by atoms with Crippen LogP contribution in [0.25, 0.3) is 10.2 Å². The molecule has 20 heavy (non-hydrogen) atoms. The molecule has 0 saturated carbocycles. The summed E-state index contributed by atoms with van der Waals surface area (Å²) in [6, 6.07) is 5.05. The van der Waals surface area contributed by atoms with Crippen LogP contribution in [0.3, 0.4) is 0 Å². The van der Waals surface area contributed by atoms with Crippen molar-refractivity contribution >= 4 is 43.0 Å². The van der Waals surface area contributed by atoms with Gasteiger partial charge in [0.05, 0.1) is 16.0 Å². The van der Waals surface area contributed by atoms with Crippen LogP contribution < -0.4 is 5.73 Å². The number of carbonyl (C=O) groups excluding carboxylic acids is 1. The Balaban J connectivity index is 2.25. The summed E-state index contributed by atoms with van der Waals surface area (Å²) in [5, 5.41) is 0. The lowest BCUT2D eigenvalue weighted by atomic mass is 10.3. The third kappa shape index (κ3) is 3.07. The number of fused-ring (bicyclic) bond motifs is 1. The Morgan fingerprint density at radius 3 is 2.75 bits per heavy atom. The van der Waals surface area contributed by atoms with Gasteiger partial charge in [0.1, 0.15) is 0 Å². The Kier molecular flexibility index (Phi) is 3.96. The zero-order chi connectivity index (χ0) is 14.9. The summed E-state index contributed by atoms with van der Waals surface area (Å²) in [6.45, 7) is 0. The average molecular weight is 313 g/mol. The number of hydrogen-bond acceptors (Lipinski definition) is 6. The predicted molar refractivity (Wildman–Crippen MR) is 79.4 cm³/mol. The van der Waals surface area contributed by atoms with Crippen molar-refractivity contribution in [2.45, 2.75) is 10.8 Å². The van der Waals surface area contributed by atoms with Gasteiger partial charge in [-0.25, -0.2) is 13.4 Å². The van der Waals surface area contributed by atoms with Gasteiger partial charge < -0.3 is 10.6 Å². The number of hydrogen-bond donors (Lipinski definition) is 1. The van der Waals surface area contributed by atoms with Crippen molar-refractivity contribution in [1.29, 1.82) is 0 Å². The fourth-order valence-electron chi connectivity index (χ4n) is 1.59. The minimum Gasteiger partial charge on any atom is -0.399 e. The molecule has 6 nitrogen and oxygen atoms in total. The lowest BCUT2D eigenvalue weighted by molar-refractivity contribution is -0.128. The maximum absolute atomic E-state index is 12.2. The predicted octanol–water partition coefficient (Wildman–Crippen LogP) is 1.13. The van der Waals surface area contributed by atoms with Gasteiger partial charge in [0, 0.05) is 26.2 Å². The second-order valence-electron chi connectivity index (χ2n) is 4.56. The number of carbonyl (C=O) groups is 1. The fraction of sp³-hybridized carbons (Fsp3) is 0.333. The molecule has 2 N–H and O–H groups in total. The van der Waals surface area contributed by atoms with Crippen LogP contribution in [-0.2, 0) is 14.6 Å². The van der Waals surface area contributed by atoms with Crippen LogP contribution in [0.1, 0.15) is 6.42 Å². The molecule has 2 rings (SSSR count). The van der Waals surface area contributed by atoms with E-state index in [1.165, 1.54) is 4.90 Å². The third-order valence-electron chi connectivity index (χ3n) is 2.74. The van der Waals surface area contributed by atoms with Crippen molar-refractivity contribution in [2.75, 3.05) is 25.6 Å². The molecule has 108 valence electrons. The number of anilines is 1. The Morgan fingerprint density at radius 2 is 2.10 bits per heavy atom. The summed E-state index contributed by atoms with van der Waals surface area (Å²) in [4.78, 5) is 16.9. The SMILES string of the molecule is CN(C)C(=O)CCS(=O)(=O)c1nc2ccc(N)cc2s1. The summed E-state index contributed by atoms with van der Waals surface area (Å²) < 4.78 is 25.1. The minimum absolute atomic E-state index is 0.0321. The van der Waals surface area contributed by atoms with Crippen LogP contribution in [-0.4, -0.2) is 44.1 Å². The van der Waals surface area contributed by atoms with Crippen LogP contribution >= 0.6 is 11.3 Å². The molecule has 0 unspecified atom stereocenters. The molecule has 1 amide bonds. The lowest BCUT2D eigenvalue weighted by Crippen LogP contribution is -2.24. The lowest BCUT2D eigenvalue weighted by Gasteiger charge is -2.09. The van der Waals surface area contributed by atoms with E-state index in [2.05, 4.69) is 4.98 Å². The molecule has 1 aromatic carbocycles. The second-order valence-corrected chi connectivity index (χ2v) is 7.88. The molecule has 1 heterocycles. The van der Waals surface area contributed by atoms with Gasteiger partial charge in [0.2, 0.25) is 20.1 Å². The van der Waals surface area contributed by atoms with Gasteiger partial charge in [0.15, 0.2) is 0 Å². The number of amides is 1. The largest absolute Gasteiger partial charge is 0.399 e. The summed E-state index contributed by atoms with van der Waals surface area (Å²) in [6.07, 6.45) is -0.0482. The highest BCUT2D eigenvalue weighted by Gasteiger charge is 2.21. The highest BCUT2D eigenvalue weighted by Crippen LogP contribution is 2.27. The summed E-state index contributed by atoms with van der Waals surface area (Å²) in [7, 11) is -0.359. The van der Waals surface area contributed by atoms with E-state index in [9.17, 15) is 13.2 Å². The number of rotatable bonds is 4. The van der Waals surface area contributed by atoms with Gasteiger partial charge in [-0.15, -0.1) is 11.3 Å². The van der Waals surface area contributed by atoms with Gasteiger partial charge in [-0.05, 0) is 18.2 Å². The van der Waals surface area contributed by atoms with Crippen molar-refractivity contribution in [3.05, 3.63) is 18.2 Å². The zero-order valence-corrected chi connectivity index (χ0v) is 12.8. The molecular weight excluding hydrogens is 298 g/mol. The topological polar surface area (TPSA) is 93.4 Å². The molecular formula is C12H15N3O3S2. The standard InChI is InChI=1S/C12H15N3O3S2/c1-15(2)11(16)5-6-20(17,18)12-14-9-4-3-8(13)7-10(9)19-12/h3-4,7H,5-6,13H2,1-2H3. The van der Waals surface area contributed by atoms with Gasteiger partial charge in [-0.3, -0.25) is 4.79 Å². The molecule has 0 aliphatic heterocycles. The van der Waals surface area contributed by atoms with E-state index in [1.807, 2.05) is 0 Å². The van der Waals surface area contributed by atoms with Gasteiger partial charge in [-0.1, -0.05) is 0 Å². The number of nitrogens with two attached hydrogens (primary N) is 1. The summed E-state index contributed by atoms with van der Waals surface area (Å²) in [5.41, 5.74) is 6.81. The van der Waals surface area contributed by atoms with Gasteiger partial charge in [-0.2, -0.15) is 0 Å². The molecule has 2 aromatic rings. The number of nitrogen functional groups attached to an aromatic ring is 1. The zero-order valence-electron chi connectivity index (χ0n) is 11.2. The molecule has 0 spiro atoms. The number of sulfone groups is 1. The normalized spacial score (nSPS) is 11.7. The Morgan fingerprint density at radius 1 is 1.40 bits per heavy atom. The van der Waals surface area contributed by atoms with Gasteiger partial charge in [0.25, 0.3) is 0 Å². The molecule has 0 saturated heterocycles. The van der Waals surface area contributed by atoms with Crippen molar-refractivity contribution < 1.29 is 13.2 Å². The smallest absolute Gasteiger partial charge is 0.223 e. The van der Waals surface area contributed by atoms with Crippen molar-refractivity contribution in [3.63, 3.8) is 0 Å². The van der Waals surface area contributed by atoms with E-state index in [1.54, 1.807) is 32.3 Å². The molecule has 0 aliphatic rings. The second kappa shape index (κ2) is 5.37. The first kappa shape index (κ1) is 14.7. The molecule has 1 aromatic heterocycles. The van der Waals surface area contributed by atoms with Crippen LogP contribution in [0, 0.1) is 0 Å². The monoisotopic (exact) mass is 313 g/mol. The number of aromatic nitrogens is 1. The maximum atomic E-state index is 12.2. The Labute approximate surface area is 121 Å². The summed E-state index contributed by atoms with van der Waals surface area (Å²) in [5.74, 6) is -0.460. The van der Waals surface area contributed by atoms with Crippen LogP contribution in [0.5, 0.6) is 0 Å².